The molecule has 1 N–H and O–H groups in total. The molecule has 0 fully saturated rings. The average Bonchev–Trinajstić information content (AvgIpc) is 2.64. The van der Waals surface area contributed by atoms with Crippen LogP contribution in [0.2, 0.25) is 5.02 Å². The molecule has 4 rings (SSSR count). The predicted molar refractivity (Wildman–Crippen MR) is 102 cm³/mol. The van der Waals surface area contributed by atoms with Gasteiger partial charge in [-0.15, -0.1) is 0 Å². The molecule has 0 spiro atoms. The van der Waals surface area contributed by atoms with Crippen molar-refractivity contribution < 1.29 is 0 Å². The molecule has 0 bridgehead atoms. The number of para-hydroxylation sites is 3. The van der Waals surface area contributed by atoms with Crippen molar-refractivity contribution in [2.24, 2.45) is 0 Å². The number of hydrogen-bond donors (Lipinski definition) is 1. The first-order chi connectivity index (χ1) is 12.2. The zero-order chi connectivity index (χ0) is 17.2. The zero-order valence-corrected chi connectivity index (χ0v) is 13.9. The standard InChI is InChI=1S/C20H14ClN3O/c21-17-13-7-12-16-18(17)23-20(22-14-8-3-1-4-9-14)24(19(16)25)15-10-5-2-6-11-15/h1-13H,(H,22,23). The van der Waals surface area contributed by atoms with Crippen LogP contribution in [0.1, 0.15) is 0 Å². The van der Waals surface area contributed by atoms with Crippen LogP contribution >= 0.6 is 11.6 Å². The SMILES string of the molecule is O=c1c2cccc(Cl)c2nc(Nc2ccccc2)n1-c1ccccc1. The van der Waals surface area contributed by atoms with Gasteiger partial charge in [-0.05, 0) is 36.4 Å². The summed E-state index contributed by atoms with van der Waals surface area (Å²) in [4.78, 5) is 17.7. The fourth-order valence-electron chi connectivity index (χ4n) is 2.73. The number of aromatic nitrogens is 2. The summed E-state index contributed by atoms with van der Waals surface area (Å²) < 4.78 is 1.56. The molecule has 5 heteroatoms. The van der Waals surface area contributed by atoms with Gasteiger partial charge in [-0.1, -0.05) is 54.1 Å². The van der Waals surface area contributed by atoms with Gasteiger partial charge in [-0.25, -0.2) is 9.55 Å². The molecule has 0 saturated heterocycles. The normalized spacial score (nSPS) is 10.8. The van der Waals surface area contributed by atoms with Crippen molar-refractivity contribution in [3.63, 3.8) is 0 Å². The van der Waals surface area contributed by atoms with Crippen LogP contribution in [0.5, 0.6) is 0 Å². The minimum absolute atomic E-state index is 0.169. The van der Waals surface area contributed by atoms with E-state index in [1.54, 1.807) is 22.8 Å². The van der Waals surface area contributed by atoms with Crippen LogP contribution < -0.4 is 10.9 Å². The van der Waals surface area contributed by atoms with Gasteiger partial charge in [0.05, 0.1) is 21.6 Å². The quantitative estimate of drug-likeness (QED) is 0.580. The van der Waals surface area contributed by atoms with E-state index in [1.165, 1.54) is 0 Å². The number of benzene rings is 3. The number of nitrogens with zero attached hydrogens (tertiary/aromatic N) is 2. The van der Waals surface area contributed by atoms with Crippen molar-refractivity contribution >= 4 is 34.1 Å². The Hall–Kier alpha value is -3.11. The highest BCUT2D eigenvalue weighted by Gasteiger charge is 2.14. The predicted octanol–water partition coefficient (Wildman–Crippen LogP) is 4.78. The maximum absolute atomic E-state index is 13.1. The van der Waals surface area contributed by atoms with Crippen LogP contribution in [-0.2, 0) is 0 Å². The van der Waals surface area contributed by atoms with Gasteiger partial charge < -0.3 is 5.32 Å². The summed E-state index contributed by atoms with van der Waals surface area (Å²) in [5.41, 5.74) is 1.89. The topological polar surface area (TPSA) is 46.9 Å². The van der Waals surface area contributed by atoms with E-state index in [9.17, 15) is 4.79 Å². The highest BCUT2D eigenvalue weighted by Crippen LogP contribution is 2.24. The number of rotatable bonds is 3. The van der Waals surface area contributed by atoms with Crippen molar-refractivity contribution in [1.82, 2.24) is 9.55 Å². The summed E-state index contributed by atoms with van der Waals surface area (Å²) in [7, 11) is 0. The lowest BCUT2D eigenvalue weighted by Crippen LogP contribution is -2.22. The Morgan fingerprint density at radius 3 is 2.24 bits per heavy atom. The van der Waals surface area contributed by atoms with Gasteiger partial charge in [0.15, 0.2) is 0 Å². The first-order valence-corrected chi connectivity index (χ1v) is 8.20. The molecule has 0 unspecified atom stereocenters. The molecule has 25 heavy (non-hydrogen) atoms. The molecule has 1 aromatic heterocycles. The van der Waals surface area contributed by atoms with Gasteiger partial charge in [0.2, 0.25) is 5.95 Å². The molecule has 4 aromatic rings. The first kappa shape index (κ1) is 15.4. The molecule has 0 atom stereocenters. The second-order valence-corrected chi connectivity index (χ2v) is 5.95. The highest BCUT2D eigenvalue weighted by molar-refractivity contribution is 6.35. The Kier molecular flexibility index (Phi) is 3.96. The molecule has 0 radical (unpaired) electrons. The Bertz CT molecular complexity index is 1090. The number of fused-ring (bicyclic) bond motifs is 1. The van der Waals surface area contributed by atoms with Crippen molar-refractivity contribution in [1.29, 1.82) is 0 Å². The van der Waals surface area contributed by atoms with E-state index >= 15 is 0 Å². The van der Waals surface area contributed by atoms with E-state index in [0.29, 0.717) is 21.9 Å². The van der Waals surface area contributed by atoms with Crippen molar-refractivity contribution in [3.8, 4) is 5.69 Å². The second kappa shape index (κ2) is 6.42. The molecule has 0 aliphatic carbocycles. The Morgan fingerprint density at radius 1 is 0.840 bits per heavy atom. The smallest absolute Gasteiger partial charge is 0.267 e. The molecule has 0 aliphatic rings. The number of hydrogen-bond acceptors (Lipinski definition) is 3. The van der Waals surface area contributed by atoms with E-state index in [1.807, 2.05) is 60.7 Å². The maximum atomic E-state index is 13.1. The molecule has 3 aromatic carbocycles. The van der Waals surface area contributed by atoms with Crippen LogP contribution in [0.15, 0.2) is 83.7 Å². The molecule has 1 heterocycles. The summed E-state index contributed by atoms with van der Waals surface area (Å²) in [5, 5.41) is 4.16. The van der Waals surface area contributed by atoms with Crippen molar-refractivity contribution in [3.05, 3.63) is 94.2 Å². The van der Waals surface area contributed by atoms with E-state index in [-0.39, 0.29) is 5.56 Å². The third-order valence-electron chi connectivity index (χ3n) is 3.89. The van der Waals surface area contributed by atoms with Crippen LogP contribution in [0.4, 0.5) is 11.6 Å². The van der Waals surface area contributed by atoms with Crippen molar-refractivity contribution in [2.45, 2.75) is 0 Å². The van der Waals surface area contributed by atoms with Gasteiger partial charge in [0.25, 0.3) is 5.56 Å². The van der Waals surface area contributed by atoms with Crippen LogP contribution in [0, 0.1) is 0 Å². The number of halogens is 1. The molecule has 4 nitrogen and oxygen atoms in total. The lowest BCUT2D eigenvalue weighted by molar-refractivity contribution is 0.974. The van der Waals surface area contributed by atoms with E-state index in [2.05, 4.69) is 10.3 Å². The van der Waals surface area contributed by atoms with Gasteiger partial charge in [0, 0.05) is 5.69 Å². The maximum Gasteiger partial charge on any atom is 0.267 e. The summed E-state index contributed by atoms with van der Waals surface area (Å²) in [5.74, 6) is 0.419. The van der Waals surface area contributed by atoms with Gasteiger partial charge in [-0.2, -0.15) is 0 Å². The first-order valence-electron chi connectivity index (χ1n) is 7.83. The van der Waals surface area contributed by atoms with Crippen LogP contribution in [0.25, 0.3) is 16.6 Å². The van der Waals surface area contributed by atoms with E-state index in [0.717, 1.165) is 11.4 Å². The lowest BCUT2D eigenvalue weighted by Gasteiger charge is -2.15. The summed E-state index contributed by atoms with van der Waals surface area (Å²) in [6, 6.07) is 24.2. The number of nitrogens with one attached hydrogen (secondary N) is 1. The largest absolute Gasteiger partial charge is 0.325 e. The van der Waals surface area contributed by atoms with Gasteiger partial charge in [-0.3, -0.25) is 4.79 Å². The van der Waals surface area contributed by atoms with Gasteiger partial charge in [0.1, 0.15) is 0 Å². The zero-order valence-electron chi connectivity index (χ0n) is 13.2. The molecule has 0 aliphatic heterocycles. The van der Waals surface area contributed by atoms with E-state index < -0.39 is 0 Å². The molecule has 0 saturated carbocycles. The Balaban J connectivity index is 2.01. The minimum Gasteiger partial charge on any atom is -0.325 e. The minimum atomic E-state index is -0.169. The fourth-order valence-corrected chi connectivity index (χ4v) is 2.94. The third-order valence-corrected chi connectivity index (χ3v) is 4.20. The monoisotopic (exact) mass is 347 g/mol. The second-order valence-electron chi connectivity index (χ2n) is 5.54. The average molecular weight is 348 g/mol. The Labute approximate surface area is 149 Å². The summed E-state index contributed by atoms with van der Waals surface area (Å²) in [6.07, 6.45) is 0. The third kappa shape index (κ3) is 2.88. The summed E-state index contributed by atoms with van der Waals surface area (Å²) in [6.45, 7) is 0. The van der Waals surface area contributed by atoms with Crippen molar-refractivity contribution in [2.75, 3.05) is 5.32 Å². The highest BCUT2D eigenvalue weighted by atomic mass is 35.5. The number of anilines is 2. The Morgan fingerprint density at radius 2 is 1.52 bits per heavy atom. The lowest BCUT2D eigenvalue weighted by atomic mass is 10.2. The van der Waals surface area contributed by atoms with Crippen LogP contribution in [0.3, 0.4) is 0 Å². The fraction of sp³-hybridized carbons (Fsp3) is 0. The molecule has 122 valence electrons. The summed E-state index contributed by atoms with van der Waals surface area (Å²) >= 11 is 6.26. The van der Waals surface area contributed by atoms with Crippen LogP contribution in [-0.4, -0.2) is 9.55 Å². The molecular weight excluding hydrogens is 334 g/mol. The molecular formula is C20H14ClN3O. The molecule has 0 amide bonds. The van der Waals surface area contributed by atoms with E-state index in [4.69, 9.17) is 11.6 Å². The van der Waals surface area contributed by atoms with Gasteiger partial charge >= 0.3 is 0 Å².